The molecule has 2 N–H and O–H groups in total. The standard InChI is InChI=1S/C15H22N4O2/c1-3-9-19(10-11-20-2)15-18-17-14(21-15)13(16)12-7-5-4-6-8-12/h4-8,13H,3,9-11,16H2,1-2H3/t13-/m1/s1. The molecule has 114 valence electrons. The highest BCUT2D eigenvalue weighted by Crippen LogP contribution is 2.21. The summed E-state index contributed by atoms with van der Waals surface area (Å²) in [5, 5.41) is 8.19. The Hall–Kier alpha value is -1.92. The van der Waals surface area contributed by atoms with E-state index in [-0.39, 0.29) is 0 Å². The van der Waals surface area contributed by atoms with Crippen molar-refractivity contribution < 1.29 is 9.15 Å². The van der Waals surface area contributed by atoms with Gasteiger partial charge in [0, 0.05) is 20.2 Å². The SMILES string of the molecule is CCCN(CCOC)c1nnc([C@H](N)c2ccccc2)o1. The first kappa shape index (κ1) is 15.5. The maximum absolute atomic E-state index is 6.16. The van der Waals surface area contributed by atoms with Crippen LogP contribution in [0, 0.1) is 0 Å². The highest BCUT2D eigenvalue weighted by molar-refractivity contribution is 5.27. The minimum atomic E-state index is -0.404. The first-order valence-electron chi connectivity index (χ1n) is 7.14. The van der Waals surface area contributed by atoms with Crippen LogP contribution in [0.1, 0.15) is 30.8 Å². The van der Waals surface area contributed by atoms with Crippen LogP contribution in [0.25, 0.3) is 0 Å². The lowest BCUT2D eigenvalue weighted by molar-refractivity contribution is 0.203. The molecule has 0 amide bonds. The number of rotatable bonds is 8. The topological polar surface area (TPSA) is 77.4 Å². The fourth-order valence-electron chi connectivity index (χ4n) is 2.06. The van der Waals surface area contributed by atoms with E-state index >= 15 is 0 Å². The van der Waals surface area contributed by atoms with Crippen molar-refractivity contribution in [2.45, 2.75) is 19.4 Å². The van der Waals surface area contributed by atoms with E-state index in [0.29, 0.717) is 25.1 Å². The van der Waals surface area contributed by atoms with Gasteiger partial charge in [0.25, 0.3) is 0 Å². The molecule has 1 atom stereocenters. The van der Waals surface area contributed by atoms with Crippen LogP contribution in [0.4, 0.5) is 6.01 Å². The third-order valence-corrected chi connectivity index (χ3v) is 3.18. The largest absolute Gasteiger partial charge is 0.406 e. The number of ether oxygens (including phenoxy) is 1. The molecule has 2 aromatic rings. The predicted octanol–water partition coefficient (Wildman–Crippen LogP) is 1.98. The van der Waals surface area contributed by atoms with Crippen LogP contribution < -0.4 is 10.6 Å². The van der Waals surface area contributed by atoms with E-state index in [0.717, 1.165) is 18.5 Å². The second kappa shape index (κ2) is 7.75. The van der Waals surface area contributed by atoms with E-state index < -0.39 is 6.04 Å². The molecule has 0 radical (unpaired) electrons. The minimum absolute atomic E-state index is 0.404. The van der Waals surface area contributed by atoms with Crippen molar-refractivity contribution in [3.63, 3.8) is 0 Å². The van der Waals surface area contributed by atoms with Crippen molar-refractivity contribution in [1.82, 2.24) is 10.2 Å². The van der Waals surface area contributed by atoms with Gasteiger partial charge in [-0.2, -0.15) is 0 Å². The molecule has 0 aliphatic carbocycles. The first-order valence-corrected chi connectivity index (χ1v) is 7.14. The molecule has 6 heteroatoms. The van der Waals surface area contributed by atoms with Crippen molar-refractivity contribution in [1.29, 1.82) is 0 Å². The quantitative estimate of drug-likeness (QED) is 0.801. The van der Waals surface area contributed by atoms with E-state index in [9.17, 15) is 0 Å². The summed E-state index contributed by atoms with van der Waals surface area (Å²) < 4.78 is 10.8. The van der Waals surface area contributed by atoms with Crippen LogP contribution in [-0.4, -0.2) is 37.0 Å². The average Bonchev–Trinajstić information content (AvgIpc) is 3.01. The van der Waals surface area contributed by atoms with Gasteiger partial charge in [0.05, 0.1) is 6.61 Å². The van der Waals surface area contributed by atoms with Crippen molar-refractivity contribution in [2.75, 3.05) is 31.7 Å². The number of nitrogens with zero attached hydrogens (tertiary/aromatic N) is 3. The minimum Gasteiger partial charge on any atom is -0.406 e. The Morgan fingerprint density at radius 1 is 1.24 bits per heavy atom. The highest BCUT2D eigenvalue weighted by atomic mass is 16.5. The maximum Gasteiger partial charge on any atom is 0.318 e. The maximum atomic E-state index is 6.16. The van der Waals surface area contributed by atoms with Gasteiger partial charge in [-0.1, -0.05) is 42.4 Å². The van der Waals surface area contributed by atoms with Crippen LogP contribution in [0.15, 0.2) is 34.7 Å². The molecule has 0 fully saturated rings. The fraction of sp³-hybridized carbons (Fsp3) is 0.467. The average molecular weight is 290 g/mol. The number of anilines is 1. The van der Waals surface area contributed by atoms with Gasteiger partial charge < -0.3 is 19.8 Å². The van der Waals surface area contributed by atoms with Gasteiger partial charge in [0.1, 0.15) is 6.04 Å². The molecular weight excluding hydrogens is 268 g/mol. The van der Waals surface area contributed by atoms with E-state index in [2.05, 4.69) is 17.1 Å². The van der Waals surface area contributed by atoms with Crippen molar-refractivity contribution >= 4 is 6.01 Å². The lowest BCUT2D eigenvalue weighted by Gasteiger charge is -2.18. The second-order valence-electron chi connectivity index (χ2n) is 4.79. The Morgan fingerprint density at radius 2 is 2.00 bits per heavy atom. The summed E-state index contributed by atoms with van der Waals surface area (Å²) >= 11 is 0. The number of aromatic nitrogens is 2. The van der Waals surface area contributed by atoms with Gasteiger partial charge in [0.2, 0.25) is 5.89 Å². The monoisotopic (exact) mass is 290 g/mol. The van der Waals surface area contributed by atoms with Gasteiger partial charge in [0.15, 0.2) is 0 Å². The second-order valence-corrected chi connectivity index (χ2v) is 4.79. The Balaban J connectivity index is 2.12. The summed E-state index contributed by atoms with van der Waals surface area (Å²) in [5.74, 6) is 0.426. The number of hydrogen-bond acceptors (Lipinski definition) is 6. The summed E-state index contributed by atoms with van der Waals surface area (Å²) in [6, 6.07) is 9.81. The fourth-order valence-corrected chi connectivity index (χ4v) is 2.06. The molecule has 1 aromatic heterocycles. The molecule has 6 nitrogen and oxygen atoms in total. The van der Waals surface area contributed by atoms with Crippen LogP contribution in [-0.2, 0) is 4.74 Å². The highest BCUT2D eigenvalue weighted by Gasteiger charge is 2.19. The molecule has 1 aromatic carbocycles. The number of methoxy groups -OCH3 is 1. The normalized spacial score (nSPS) is 12.3. The third-order valence-electron chi connectivity index (χ3n) is 3.18. The lowest BCUT2D eigenvalue weighted by Crippen LogP contribution is -2.28. The van der Waals surface area contributed by atoms with E-state index in [1.165, 1.54) is 0 Å². The van der Waals surface area contributed by atoms with Gasteiger partial charge in [-0.05, 0) is 12.0 Å². The number of nitrogens with two attached hydrogens (primary N) is 1. The Kier molecular flexibility index (Phi) is 5.71. The zero-order chi connectivity index (χ0) is 15.1. The first-order chi connectivity index (χ1) is 10.3. The summed E-state index contributed by atoms with van der Waals surface area (Å²) in [6.07, 6.45) is 0.992. The van der Waals surface area contributed by atoms with E-state index in [1.54, 1.807) is 7.11 Å². The third kappa shape index (κ3) is 4.03. The molecule has 0 spiro atoms. The molecular formula is C15H22N4O2. The number of hydrogen-bond donors (Lipinski definition) is 1. The molecule has 1 heterocycles. The molecule has 0 saturated heterocycles. The zero-order valence-corrected chi connectivity index (χ0v) is 12.5. The zero-order valence-electron chi connectivity index (χ0n) is 12.5. The van der Waals surface area contributed by atoms with Crippen LogP contribution in [0.2, 0.25) is 0 Å². The molecule has 0 saturated carbocycles. The summed E-state index contributed by atoms with van der Waals surface area (Å²) in [6.45, 7) is 4.27. The van der Waals surface area contributed by atoms with E-state index in [4.69, 9.17) is 14.9 Å². The summed E-state index contributed by atoms with van der Waals surface area (Å²) in [7, 11) is 1.68. The van der Waals surface area contributed by atoms with Gasteiger partial charge >= 0.3 is 6.01 Å². The Bertz CT molecular complexity index is 529. The summed E-state index contributed by atoms with van der Waals surface area (Å²) in [5.41, 5.74) is 7.11. The van der Waals surface area contributed by atoms with Crippen molar-refractivity contribution in [3.05, 3.63) is 41.8 Å². The molecule has 0 aliphatic rings. The molecule has 21 heavy (non-hydrogen) atoms. The Morgan fingerprint density at radius 3 is 2.67 bits per heavy atom. The van der Waals surface area contributed by atoms with Gasteiger partial charge in [-0.25, -0.2) is 0 Å². The number of benzene rings is 1. The molecule has 0 aliphatic heterocycles. The molecule has 0 bridgehead atoms. The Labute approximate surface area is 124 Å². The van der Waals surface area contributed by atoms with Crippen LogP contribution in [0.5, 0.6) is 0 Å². The molecule has 2 rings (SSSR count). The van der Waals surface area contributed by atoms with Crippen LogP contribution >= 0.6 is 0 Å². The lowest BCUT2D eigenvalue weighted by atomic mass is 10.1. The summed E-state index contributed by atoms with van der Waals surface area (Å²) in [4.78, 5) is 2.01. The van der Waals surface area contributed by atoms with E-state index in [1.807, 2.05) is 35.2 Å². The predicted molar refractivity (Wildman–Crippen MR) is 81.2 cm³/mol. The van der Waals surface area contributed by atoms with Crippen LogP contribution in [0.3, 0.4) is 0 Å². The molecule has 0 unspecified atom stereocenters. The smallest absolute Gasteiger partial charge is 0.318 e. The van der Waals surface area contributed by atoms with Gasteiger partial charge in [-0.3, -0.25) is 0 Å². The van der Waals surface area contributed by atoms with Crippen molar-refractivity contribution in [2.24, 2.45) is 5.73 Å². The van der Waals surface area contributed by atoms with Crippen molar-refractivity contribution in [3.8, 4) is 0 Å². The van der Waals surface area contributed by atoms with Gasteiger partial charge in [-0.15, -0.1) is 5.10 Å².